The number of carboxylic acid groups (broad SMARTS) is 1. The third kappa shape index (κ3) is 4.36. The van der Waals surface area contributed by atoms with Crippen molar-refractivity contribution in [3.05, 3.63) is 52.8 Å². The number of hydrogen-bond donors (Lipinski definition) is 1. The molecule has 27 heavy (non-hydrogen) atoms. The fourth-order valence-corrected chi connectivity index (χ4v) is 3.53. The van der Waals surface area contributed by atoms with Crippen molar-refractivity contribution in [3.8, 4) is 0 Å². The molecule has 0 bridgehead atoms. The van der Waals surface area contributed by atoms with Gasteiger partial charge in [0.2, 0.25) is 0 Å². The molecule has 1 N–H and O–H groups in total. The molecule has 7 nitrogen and oxygen atoms in total. The van der Waals surface area contributed by atoms with E-state index < -0.39 is 5.97 Å². The lowest BCUT2D eigenvalue weighted by Gasteiger charge is -2.32. The largest absolute Gasteiger partial charge is 0.478 e. The molecule has 1 aromatic heterocycles. The quantitative estimate of drug-likeness (QED) is 0.786. The maximum atomic E-state index is 12.0. The Balaban J connectivity index is 1.57. The lowest BCUT2D eigenvalue weighted by Crippen LogP contribution is -2.34. The van der Waals surface area contributed by atoms with E-state index in [1.54, 1.807) is 25.3 Å². The van der Waals surface area contributed by atoms with Gasteiger partial charge in [0.25, 0.3) is 0 Å². The van der Waals surface area contributed by atoms with Crippen molar-refractivity contribution in [1.82, 2.24) is 14.7 Å². The second kappa shape index (κ2) is 8.35. The van der Waals surface area contributed by atoms with Crippen LogP contribution in [0.25, 0.3) is 0 Å². The zero-order valence-corrected chi connectivity index (χ0v) is 15.7. The van der Waals surface area contributed by atoms with E-state index in [-0.39, 0.29) is 12.0 Å². The van der Waals surface area contributed by atoms with Crippen LogP contribution >= 0.6 is 0 Å². The first-order chi connectivity index (χ1) is 13.0. The summed E-state index contributed by atoms with van der Waals surface area (Å²) in [6.07, 6.45) is 3.51. The van der Waals surface area contributed by atoms with E-state index in [9.17, 15) is 9.59 Å². The molecule has 0 atom stereocenters. The maximum Gasteiger partial charge on any atom is 0.341 e. The predicted octanol–water partition coefficient (Wildman–Crippen LogP) is 2.90. The number of carbonyl (C=O) groups is 2. The molecule has 144 valence electrons. The van der Waals surface area contributed by atoms with Crippen LogP contribution in [0.5, 0.6) is 0 Å². The van der Waals surface area contributed by atoms with Crippen LogP contribution in [-0.4, -0.2) is 51.4 Å². The maximum absolute atomic E-state index is 12.0. The van der Waals surface area contributed by atoms with Crippen LogP contribution in [0.1, 0.15) is 57.8 Å². The molecule has 0 saturated carbocycles. The van der Waals surface area contributed by atoms with Gasteiger partial charge in [-0.2, -0.15) is 5.10 Å². The fourth-order valence-electron chi connectivity index (χ4n) is 3.53. The van der Waals surface area contributed by atoms with E-state index >= 15 is 0 Å². The van der Waals surface area contributed by atoms with E-state index in [0.717, 1.165) is 43.7 Å². The average molecular weight is 371 g/mol. The van der Waals surface area contributed by atoms with E-state index in [4.69, 9.17) is 9.84 Å². The van der Waals surface area contributed by atoms with Gasteiger partial charge in [-0.15, -0.1) is 0 Å². The van der Waals surface area contributed by atoms with Crippen LogP contribution in [-0.2, 0) is 11.3 Å². The summed E-state index contributed by atoms with van der Waals surface area (Å²) in [5, 5.41) is 13.4. The Morgan fingerprint density at radius 2 is 1.89 bits per heavy atom. The number of aromatic carboxylic acids is 1. The molecule has 1 fully saturated rings. The number of aromatic nitrogens is 2. The molecule has 7 heteroatoms. The highest BCUT2D eigenvalue weighted by atomic mass is 16.5. The standard InChI is InChI=1S/C20H25N3O4/c1-3-27-20(26)18-12-21-23(14(18)2)17-8-10-22(11-9-17)13-15-4-6-16(7-5-15)19(24)25/h4-7,12,17H,3,8-11,13H2,1-2H3,(H,24,25). The molecule has 1 aromatic carbocycles. The lowest BCUT2D eigenvalue weighted by atomic mass is 10.0. The summed E-state index contributed by atoms with van der Waals surface area (Å²) < 4.78 is 7.03. The summed E-state index contributed by atoms with van der Waals surface area (Å²) in [5.74, 6) is -1.22. The summed E-state index contributed by atoms with van der Waals surface area (Å²) in [6, 6.07) is 7.32. The van der Waals surface area contributed by atoms with Crippen molar-refractivity contribution in [2.24, 2.45) is 0 Å². The molecule has 1 saturated heterocycles. The summed E-state index contributed by atoms with van der Waals surface area (Å²) in [7, 11) is 0. The van der Waals surface area contributed by atoms with Gasteiger partial charge in [0, 0.05) is 19.6 Å². The molecule has 0 spiro atoms. The molecule has 2 aromatic rings. The number of carbonyl (C=O) groups excluding carboxylic acids is 1. The zero-order valence-electron chi connectivity index (χ0n) is 15.7. The van der Waals surface area contributed by atoms with Gasteiger partial charge >= 0.3 is 11.9 Å². The van der Waals surface area contributed by atoms with Crippen molar-refractivity contribution >= 4 is 11.9 Å². The summed E-state index contributed by atoms with van der Waals surface area (Å²) in [6.45, 7) is 6.73. The van der Waals surface area contributed by atoms with Crippen LogP contribution in [0.3, 0.4) is 0 Å². The van der Waals surface area contributed by atoms with E-state index in [0.29, 0.717) is 17.7 Å². The molecule has 1 aliphatic rings. The summed E-state index contributed by atoms with van der Waals surface area (Å²) in [4.78, 5) is 25.3. The van der Waals surface area contributed by atoms with E-state index in [1.165, 1.54) is 0 Å². The number of likely N-dealkylation sites (tertiary alicyclic amines) is 1. The highest BCUT2D eigenvalue weighted by Gasteiger charge is 2.25. The molecule has 3 rings (SSSR count). The first-order valence-corrected chi connectivity index (χ1v) is 9.25. The molecular weight excluding hydrogens is 346 g/mol. The van der Waals surface area contributed by atoms with Crippen molar-refractivity contribution in [2.45, 2.75) is 39.3 Å². The smallest absolute Gasteiger partial charge is 0.341 e. The number of rotatable bonds is 6. The van der Waals surface area contributed by atoms with Gasteiger partial charge in [0.1, 0.15) is 5.56 Å². The van der Waals surface area contributed by atoms with Crippen molar-refractivity contribution in [1.29, 1.82) is 0 Å². The molecule has 2 heterocycles. The topological polar surface area (TPSA) is 84.7 Å². The fraction of sp³-hybridized carbons (Fsp3) is 0.450. The number of benzene rings is 1. The van der Waals surface area contributed by atoms with Crippen LogP contribution in [0.2, 0.25) is 0 Å². The lowest BCUT2D eigenvalue weighted by molar-refractivity contribution is 0.0524. The Hall–Kier alpha value is -2.67. The molecule has 1 aliphatic heterocycles. The van der Waals surface area contributed by atoms with Crippen LogP contribution < -0.4 is 0 Å². The Bertz CT molecular complexity index is 805. The molecular formula is C20H25N3O4. The molecule has 0 radical (unpaired) electrons. The highest BCUT2D eigenvalue weighted by Crippen LogP contribution is 2.25. The molecule has 0 amide bonds. The van der Waals surface area contributed by atoms with Crippen LogP contribution in [0.15, 0.2) is 30.5 Å². The van der Waals surface area contributed by atoms with Crippen LogP contribution in [0.4, 0.5) is 0 Å². The van der Waals surface area contributed by atoms with Gasteiger partial charge in [-0.05, 0) is 44.4 Å². The first-order valence-electron chi connectivity index (χ1n) is 9.25. The number of carboxylic acids is 1. The SMILES string of the molecule is CCOC(=O)c1cnn(C2CCN(Cc3ccc(C(=O)O)cc3)CC2)c1C. The Labute approximate surface area is 158 Å². The third-order valence-corrected chi connectivity index (χ3v) is 5.05. The minimum absolute atomic E-state index is 0.277. The third-order valence-electron chi connectivity index (χ3n) is 5.05. The Morgan fingerprint density at radius 3 is 2.48 bits per heavy atom. The highest BCUT2D eigenvalue weighted by molar-refractivity contribution is 5.90. The van der Waals surface area contributed by atoms with Gasteiger partial charge in [0.05, 0.1) is 30.1 Å². The predicted molar refractivity (Wildman–Crippen MR) is 99.9 cm³/mol. The van der Waals surface area contributed by atoms with Crippen LogP contribution in [0, 0.1) is 6.92 Å². The van der Waals surface area contributed by atoms with Gasteiger partial charge in [0.15, 0.2) is 0 Å². The minimum Gasteiger partial charge on any atom is -0.478 e. The second-order valence-corrected chi connectivity index (χ2v) is 6.82. The zero-order chi connectivity index (χ0) is 19.4. The molecule has 0 unspecified atom stereocenters. The number of nitrogens with zero attached hydrogens (tertiary/aromatic N) is 3. The van der Waals surface area contributed by atoms with Crippen molar-refractivity contribution in [2.75, 3.05) is 19.7 Å². The van der Waals surface area contributed by atoms with Gasteiger partial charge in [-0.1, -0.05) is 12.1 Å². The summed E-state index contributed by atoms with van der Waals surface area (Å²) in [5.41, 5.74) is 2.82. The summed E-state index contributed by atoms with van der Waals surface area (Å²) >= 11 is 0. The van der Waals surface area contributed by atoms with Gasteiger partial charge in [-0.25, -0.2) is 9.59 Å². The van der Waals surface area contributed by atoms with Crippen molar-refractivity contribution in [3.63, 3.8) is 0 Å². The van der Waals surface area contributed by atoms with Crippen molar-refractivity contribution < 1.29 is 19.4 Å². The van der Waals surface area contributed by atoms with E-state index in [1.807, 2.05) is 23.7 Å². The monoisotopic (exact) mass is 371 g/mol. The Kier molecular flexibility index (Phi) is 5.91. The first kappa shape index (κ1) is 19.1. The minimum atomic E-state index is -0.904. The van der Waals surface area contributed by atoms with Gasteiger partial charge < -0.3 is 9.84 Å². The average Bonchev–Trinajstić information content (AvgIpc) is 3.04. The number of ether oxygens (including phenoxy) is 1. The van der Waals surface area contributed by atoms with E-state index in [2.05, 4.69) is 10.00 Å². The molecule has 0 aliphatic carbocycles. The normalized spacial score (nSPS) is 15.6. The van der Waals surface area contributed by atoms with Gasteiger partial charge in [-0.3, -0.25) is 9.58 Å². The number of piperidine rings is 1. The number of hydrogen-bond acceptors (Lipinski definition) is 5. The Morgan fingerprint density at radius 1 is 1.22 bits per heavy atom. The second-order valence-electron chi connectivity index (χ2n) is 6.82. The number of esters is 1.